The van der Waals surface area contributed by atoms with E-state index in [0.29, 0.717) is 22.0 Å². The van der Waals surface area contributed by atoms with E-state index in [9.17, 15) is 9.59 Å². The summed E-state index contributed by atoms with van der Waals surface area (Å²) in [6, 6.07) is 18.4. The molecule has 1 aliphatic heterocycles. The molecule has 1 aromatic heterocycles. The lowest BCUT2D eigenvalue weighted by molar-refractivity contribution is -0.117. The van der Waals surface area contributed by atoms with Crippen molar-refractivity contribution in [1.82, 2.24) is 5.32 Å². The van der Waals surface area contributed by atoms with Gasteiger partial charge in [-0.3, -0.25) is 9.59 Å². The van der Waals surface area contributed by atoms with E-state index in [2.05, 4.69) is 15.6 Å². The number of benzodiazepines with no additional fused rings is 1. The summed E-state index contributed by atoms with van der Waals surface area (Å²) >= 11 is 1.31. The first-order valence-electron chi connectivity index (χ1n) is 8.62. The number of carbonyl (C=O) groups is 2. The molecule has 7 heteroatoms. The summed E-state index contributed by atoms with van der Waals surface area (Å²) in [5.74, 6) is -0.0505. The van der Waals surface area contributed by atoms with Crippen LogP contribution in [0.25, 0.3) is 0 Å². The topological polar surface area (TPSA) is 79.8 Å². The zero-order chi connectivity index (χ0) is 19.5. The Morgan fingerprint density at radius 1 is 1.14 bits per heavy atom. The van der Waals surface area contributed by atoms with Crippen LogP contribution in [0.4, 0.5) is 5.69 Å². The molecule has 28 heavy (non-hydrogen) atoms. The Balaban J connectivity index is 1.78. The molecule has 3 aromatic rings. The van der Waals surface area contributed by atoms with Crippen LogP contribution >= 0.6 is 11.3 Å². The van der Waals surface area contributed by atoms with Crippen molar-refractivity contribution in [3.8, 4) is 5.75 Å². The number of para-hydroxylation sites is 1. The van der Waals surface area contributed by atoms with Gasteiger partial charge >= 0.3 is 0 Å². The van der Waals surface area contributed by atoms with Gasteiger partial charge in [-0.1, -0.05) is 36.4 Å². The number of carbonyl (C=O) groups excluding carboxylic acids is 2. The van der Waals surface area contributed by atoms with Crippen molar-refractivity contribution in [3.05, 3.63) is 82.0 Å². The van der Waals surface area contributed by atoms with E-state index in [1.165, 1.54) is 11.3 Å². The zero-order valence-electron chi connectivity index (χ0n) is 15.0. The molecule has 0 saturated heterocycles. The summed E-state index contributed by atoms with van der Waals surface area (Å²) in [6.07, 6.45) is -1.05. The molecule has 0 aliphatic carbocycles. The predicted octanol–water partition coefficient (Wildman–Crippen LogP) is 3.30. The maximum Gasteiger partial charge on any atom is 0.269 e. The fraction of sp³-hybridized carbons (Fsp3) is 0.0952. The van der Waals surface area contributed by atoms with Gasteiger partial charge in [-0.15, -0.1) is 11.3 Å². The first kappa shape index (κ1) is 17.9. The van der Waals surface area contributed by atoms with Gasteiger partial charge in [0.25, 0.3) is 11.8 Å². The average Bonchev–Trinajstić information content (AvgIpc) is 3.22. The smallest absolute Gasteiger partial charge is 0.269 e. The van der Waals surface area contributed by atoms with Gasteiger partial charge in [-0.05, 0) is 29.6 Å². The Kier molecular flexibility index (Phi) is 4.90. The number of hydrogen-bond donors (Lipinski definition) is 2. The fourth-order valence-electron chi connectivity index (χ4n) is 2.96. The molecule has 0 bridgehead atoms. The minimum atomic E-state index is -1.05. The maximum atomic E-state index is 12.7. The average molecular weight is 391 g/mol. The second-order valence-corrected chi connectivity index (χ2v) is 7.05. The number of amides is 2. The molecule has 1 unspecified atom stereocenters. The van der Waals surface area contributed by atoms with Gasteiger partial charge in [-0.25, -0.2) is 4.99 Å². The quantitative estimate of drug-likeness (QED) is 0.716. The Morgan fingerprint density at radius 3 is 2.79 bits per heavy atom. The number of rotatable bonds is 4. The minimum absolute atomic E-state index is 0.338. The molecule has 6 nitrogen and oxygen atoms in total. The number of ether oxygens (including phenoxy) is 1. The molecule has 0 saturated carbocycles. The summed E-state index contributed by atoms with van der Waals surface area (Å²) in [4.78, 5) is 30.3. The molecular formula is C21H17N3O3S. The molecule has 1 atom stereocenters. The molecule has 0 radical (unpaired) electrons. The van der Waals surface area contributed by atoms with Crippen molar-refractivity contribution in [1.29, 1.82) is 0 Å². The van der Waals surface area contributed by atoms with Crippen LogP contribution < -0.4 is 15.4 Å². The monoisotopic (exact) mass is 391 g/mol. The van der Waals surface area contributed by atoms with E-state index in [1.807, 2.05) is 53.9 Å². The predicted molar refractivity (Wildman–Crippen MR) is 109 cm³/mol. The lowest BCUT2D eigenvalue weighted by Crippen LogP contribution is -2.42. The van der Waals surface area contributed by atoms with Crippen molar-refractivity contribution in [2.45, 2.75) is 6.17 Å². The standard InChI is InChI=1S/C21H17N3O3S/c1-27-14-7-4-6-13(12-14)18-15-8-2-3-9-16(15)22-21(26)19(23-18)24-20(25)17-10-5-11-28-17/h2-12,19H,1H3,(H,22,26)(H,24,25). The van der Waals surface area contributed by atoms with Crippen LogP contribution in [0.15, 0.2) is 71.0 Å². The number of nitrogens with zero attached hydrogens (tertiary/aromatic N) is 1. The first-order valence-corrected chi connectivity index (χ1v) is 9.50. The lowest BCUT2D eigenvalue weighted by Gasteiger charge is -2.13. The van der Waals surface area contributed by atoms with Crippen LogP contribution in [0, 0.1) is 0 Å². The van der Waals surface area contributed by atoms with Crippen LogP contribution in [-0.2, 0) is 4.79 Å². The second kappa shape index (κ2) is 7.66. The lowest BCUT2D eigenvalue weighted by atomic mass is 10.0. The normalized spacial score (nSPS) is 15.7. The molecule has 4 rings (SSSR count). The van der Waals surface area contributed by atoms with Crippen molar-refractivity contribution in [3.63, 3.8) is 0 Å². The van der Waals surface area contributed by atoms with Crippen LogP contribution in [0.5, 0.6) is 5.75 Å². The third-order valence-electron chi connectivity index (χ3n) is 4.30. The number of methoxy groups -OCH3 is 1. The van der Waals surface area contributed by atoms with Gasteiger partial charge < -0.3 is 15.4 Å². The van der Waals surface area contributed by atoms with Crippen LogP contribution in [0.2, 0.25) is 0 Å². The highest BCUT2D eigenvalue weighted by atomic mass is 32.1. The van der Waals surface area contributed by atoms with E-state index in [1.54, 1.807) is 19.2 Å². The van der Waals surface area contributed by atoms with Crippen molar-refractivity contribution in [2.24, 2.45) is 4.99 Å². The molecule has 140 valence electrons. The highest BCUT2D eigenvalue weighted by Gasteiger charge is 2.27. The summed E-state index contributed by atoms with van der Waals surface area (Å²) in [6.45, 7) is 0. The Labute approximate surface area is 165 Å². The van der Waals surface area contributed by atoms with Gasteiger partial charge in [-0.2, -0.15) is 0 Å². The zero-order valence-corrected chi connectivity index (χ0v) is 15.8. The summed E-state index contributed by atoms with van der Waals surface area (Å²) in [5, 5.41) is 7.38. The molecule has 2 amide bonds. The number of fused-ring (bicyclic) bond motifs is 1. The molecule has 1 aliphatic rings. The number of thiophene rings is 1. The van der Waals surface area contributed by atoms with Gasteiger partial charge in [0.15, 0.2) is 0 Å². The SMILES string of the molecule is COc1cccc(C2=NC(NC(=O)c3cccs3)C(=O)Nc3ccccc32)c1. The van der Waals surface area contributed by atoms with E-state index in [0.717, 1.165) is 11.1 Å². The maximum absolute atomic E-state index is 12.7. The number of anilines is 1. The highest BCUT2D eigenvalue weighted by molar-refractivity contribution is 7.12. The summed E-state index contributed by atoms with van der Waals surface area (Å²) < 4.78 is 5.32. The van der Waals surface area contributed by atoms with Crippen molar-refractivity contribution in [2.75, 3.05) is 12.4 Å². The first-order chi connectivity index (χ1) is 13.7. The van der Waals surface area contributed by atoms with E-state index in [-0.39, 0.29) is 5.91 Å². The van der Waals surface area contributed by atoms with Gasteiger partial charge in [0.1, 0.15) is 5.75 Å². The van der Waals surface area contributed by atoms with Gasteiger partial charge in [0.05, 0.1) is 23.4 Å². The van der Waals surface area contributed by atoms with E-state index < -0.39 is 12.1 Å². The summed E-state index contributed by atoms with van der Waals surface area (Å²) in [5.41, 5.74) is 2.81. The summed E-state index contributed by atoms with van der Waals surface area (Å²) in [7, 11) is 1.59. The minimum Gasteiger partial charge on any atom is -0.497 e. The third-order valence-corrected chi connectivity index (χ3v) is 5.17. The van der Waals surface area contributed by atoms with E-state index >= 15 is 0 Å². The van der Waals surface area contributed by atoms with Gasteiger partial charge in [0, 0.05) is 11.1 Å². The van der Waals surface area contributed by atoms with Crippen LogP contribution in [-0.4, -0.2) is 30.8 Å². The number of aliphatic imine (C=N–C) groups is 1. The third kappa shape index (κ3) is 3.52. The number of hydrogen-bond acceptors (Lipinski definition) is 5. The van der Waals surface area contributed by atoms with Crippen LogP contribution in [0.3, 0.4) is 0 Å². The molecule has 2 aromatic carbocycles. The van der Waals surface area contributed by atoms with Crippen LogP contribution in [0.1, 0.15) is 20.8 Å². The molecule has 2 N–H and O–H groups in total. The van der Waals surface area contributed by atoms with Gasteiger partial charge in [0.2, 0.25) is 6.17 Å². The Bertz CT molecular complexity index is 1060. The molecule has 2 heterocycles. The fourth-order valence-corrected chi connectivity index (χ4v) is 3.59. The number of nitrogens with one attached hydrogen (secondary N) is 2. The van der Waals surface area contributed by atoms with Crippen molar-refractivity contribution >= 4 is 34.6 Å². The molecular weight excluding hydrogens is 374 g/mol. The highest BCUT2D eigenvalue weighted by Crippen LogP contribution is 2.25. The largest absolute Gasteiger partial charge is 0.497 e. The number of benzene rings is 2. The molecule has 0 fully saturated rings. The second-order valence-electron chi connectivity index (χ2n) is 6.10. The van der Waals surface area contributed by atoms with Crippen molar-refractivity contribution < 1.29 is 14.3 Å². The molecule has 0 spiro atoms. The Hall–Kier alpha value is -3.45. The van der Waals surface area contributed by atoms with E-state index in [4.69, 9.17) is 4.74 Å². The Morgan fingerprint density at radius 2 is 2.00 bits per heavy atom.